The maximum absolute atomic E-state index is 11.0. The first-order valence-corrected chi connectivity index (χ1v) is 5.16. The molecule has 1 atom stereocenters. The van der Waals surface area contributed by atoms with Crippen LogP contribution in [0.3, 0.4) is 0 Å². The summed E-state index contributed by atoms with van der Waals surface area (Å²) in [7, 11) is 0. The highest BCUT2D eigenvalue weighted by Crippen LogP contribution is 2.30. The molecule has 2 rings (SSSR count). The van der Waals surface area contributed by atoms with E-state index in [4.69, 9.17) is 9.94 Å². The smallest absolute Gasteiger partial charge is 0.351 e. The molecule has 0 saturated carbocycles. The number of nitrogens with zero attached hydrogens (tertiary/aromatic N) is 2. The third-order valence-corrected chi connectivity index (χ3v) is 2.73. The van der Waals surface area contributed by atoms with Crippen LogP contribution in [0.1, 0.15) is 18.9 Å². The molecule has 0 bridgehead atoms. The molecule has 0 aromatic heterocycles. The van der Waals surface area contributed by atoms with E-state index in [1.807, 2.05) is 0 Å². The van der Waals surface area contributed by atoms with E-state index in [-0.39, 0.29) is 23.4 Å². The molecule has 1 aromatic carbocycles. The Hall–Kier alpha value is -2.44. The Morgan fingerprint density at radius 2 is 2.22 bits per heavy atom. The van der Waals surface area contributed by atoms with Crippen LogP contribution in [0.25, 0.3) is 0 Å². The molecule has 7 nitrogen and oxygen atoms in total. The molecule has 1 aromatic rings. The molecule has 0 amide bonds. The van der Waals surface area contributed by atoms with Gasteiger partial charge in [0.15, 0.2) is 0 Å². The second kappa shape index (κ2) is 4.10. The summed E-state index contributed by atoms with van der Waals surface area (Å²) in [4.78, 5) is 26.2. The molecule has 7 heteroatoms. The Morgan fingerprint density at radius 3 is 2.78 bits per heavy atom. The van der Waals surface area contributed by atoms with Gasteiger partial charge in [-0.1, -0.05) is 17.3 Å². The summed E-state index contributed by atoms with van der Waals surface area (Å²) in [6.07, 6.45) is -0.00676. The fourth-order valence-corrected chi connectivity index (χ4v) is 1.68. The molecule has 0 saturated heterocycles. The van der Waals surface area contributed by atoms with Crippen LogP contribution in [0.15, 0.2) is 29.4 Å². The first kappa shape index (κ1) is 12.0. The minimum atomic E-state index is -1.46. The second-order valence-corrected chi connectivity index (χ2v) is 4.12. The van der Waals surface area contributed by atoms with Crippen LogP contribution in [0.2, 0.25) is 0 Å². The van der Waals surface area contributed by atoms with Gasteiger partial charge in [-0.15, -0.1) is 0 Å². The normalized spacial score (nSPS) is 22.2. The highest BCUT2D eigenvalue weighted by atomic mass is 16.7. The van der Waals surface area contributed by atoms with Crippen molar-refractivity contribution < 1.29 is 19.7 Å². The molecule has 1 N–H and O–H groups in total. The zero-order valence-electron chi connectivity index (χ0n) is 9.49. The van der Waals surface area contributed by atoms with Crippen molar-refractivity contribution in [1.82, 2.24) is 0 Å². The van der Waals surface area contributed by atoms with Crippen molar-refractivity contribution in [2.45, 2.75) is 18.9 Å². The Labute approximate surface area is 102 Å². The Bertz CT molecular complexity index is 554. The van der Waals surface area contributed by atoms with E-state index >= 15 is 0 Å². The SMILES string of the molecule is C[C@@]1(C(=O)O)CC(c2ccccc2[N+](=O)[O-])=NO1. The molecular weight excluding hydrogens is 240 g/mol. The number of hydrogen-bond donors (Lipinski definition) is 1. The van der Waals surface area contributed by atoms with Crippen LogP contribution in [0.5, 0.6) is 0 Å². The van der Waals surface area contributed by atoms with Gasteiger partial charge in [0, 0.05) is 12.5 Å². The molecule has 0 aliphatic carbocycles. The van der Waals surface area contributed by atoms with Gasteiger partial charge in [-0.05, 0) is 13.0 Å². The van der Waals surface area contributed by atoms with E-state index in [2.05, 4.69) is 5.16 Å². The van der Waals surface area contributed by atoms with Gasteiger partial charge in [0.1, 0.15) is 0 Å². The molecule has 1 heterocycles. The van der Waals surface area contributed by atoms with E-state index in [1.165, 1.54) is 25.1 Å². The summed E-state index contributed by atoms with van der Waals surface area (Å²) in [6.45, 7) is 1.38. The predicted molar refractivity (Wildman–Crippen MR) is 61.4 cm³/mol. The number of aliphatic carboxylic acids is 1. The van der Waals surface area contributed by atoms with E-state index < -0.39 is 16.5 Å². The highest BCUT2D eigenvalue weighted by Gasteiger charge is 2.43. The van der Waals surface area contributed by atoms with Gasteiger partial charge in [-0.3, -0.25) is 10.1 Å². The summed E-state index contributed by atoms with van der Waals surface area (Å²) < 4.78 is 0. The minimum absolute atomic E-state index is 0.00676. The topological polar surface area (TPSA) is 102 Å². The van der Waals surface area contributed by atoms with Crippen LogP contribution < -0.4 is 0 Å². The third-order valence-electron chi connectivity index (χ3n) is 2.73. The average molecular weight is 250 g/mol. The quantitative estimate of drug-likeness (QED) is 0.647. The predicted octanol–water partition coefficient (Wildman–Crippen LogP) is 1.56. The highest BCUT2D eigenvalue weighted by molar-refractivity contribution is 6.07. The number of carboxylic acid groups (broad SMARTS) is 1. The second-order valence-electron chi connectivity index (χ2n) is 4.12. The van der Waals surface area contributed by atoms with Crippen molar-refractivity contribution in [3.63, 3.8) is 0 Å². The summed E-state index contributed by atoms with van der Waals surface area (Å²) in [5.41, 5.74) is -1.02. The standard InChI is InChI=1S/C11H10N2O5/c1-11(10(14)15)6-8(12-18-11)7-4-2-3-5-9(7)13(16)17/h2-5H,6H2,1H3,(H,14,15)/t11-/m0/s1. The van der Waals surface area contributed by atoms with E-state index in [9.17, 15) is 14.9 Å². The third kappa shape index (κ3) is 1.90. The van der Waals surface area contributed by atoms with Gasteiger partial charge >= 0.3 is 5.97 Å². The number of carbonyl (C=O) groups is 1. The molecule has 0 spiro atoms. The Balaban J connectivity index is 2.36. The zero-order chi connectivity index (χ0) is 13.3. The maximum Gasteiger partial charge on any atom is 0.351 e. The number of rotatable bonds is 3. The van der Waals surface area contributed by atoms with E-state index in [0.717, 1.165) is 0 Å². The van der Waals surface area contributed by atoms with E-state index in [0.29, 0.717) is 0 Å². The first-order chi connectivity index (χ1) is 8.44. The summed E-state index contributed by atoms with van der Waals surface area (Å²) >= 11 is 0. The lowest BCUT2D eigenvalue weighted by molar-refractivity contribution is -0.385. The summed E-state index contributed by atoms with van der Waals surface area (Å²) in [5.74, 6) is -1.15. The number of oxime groups is 1. The van der Waals surface area contributed by atoms with Gasteiger partial charge in [-0.2, -0.15) is 0 Å². The lowest BCUT2D eigenvalue weighted by Crippen LogP contribution is -2.35. The fraction of sp³-hybridized carbons (Fsp3) is 0.273. The number of hydrogen-bond acceptors (Lipinski definition) is 5. The molecule has 1 aliphatic rings. The van der Waals surface area contributed by atoms with Crippen LogP contribution in [0, 0.1) is 10.1 Å². The van der Waals surface area contributed by atoms with Crippen molar-refractivity contribution in [1.29, 1.82) is 0 Å². The molecule has 0 radical (unpaired) electrons. The lowest BCUT2D eigenvalue weighted by atomic mass is 9.95. The number of benzene rings is 1. The number of para-hydroxylation sites is 1. The van der Waals surface area contributed by atoms with Crippen molar-refractivity contribution in [3.05, 3.63) is 39.9 Å². The van der Waals surface area contributed by atoms with Crippen molar-refractivity contribution in [3.8, 4) is 0 Å². The largest absolute Gasteiger partial charge is 0.478 e. The summed E-state index contributed by atoms with van der Waals surface area (Å²) in [5, 5.41) is 23.5. The number of carboxylic acids is 1. The maximum atomic E-state index is 11.0. The number of nitro benzene ring substituents is 1. The monoisotopic (exact) mass is 250 g/mol. The van der Waals surface area contributed by atoms with Crippen molar-refractivity contribution in [2.75, 3.05) is 0 Å². The lowest BCUT2D eigenvalue weighted by Gasteiger charge is -2.14. The van der Waals surface area contributed by atoms with Gasteiger partial charge in [0.2, 0.25) is 5.60 Å². The van der Waals surface area contributed by atoms with Gasteiger partial charge in [0.25, 0.3) is 5.69 Å². The van der Waals surface area contributed by atoms with Crippen LogP contribution in [0.4, 0.5) is 5.69 Å². The zero-order valence-corrected chi connectivity index (χ0v) is 9.49. The minimum Gasteiger partial charge on any atom is -0.478 e. The molecule has 94 valence electrons. The van der Waals surface area contributed by atoms with Gasteiger partial charge in [0.05, 0.1) is 16.2 Å². The van der Waals surface area contributed by atoms with Crippen LogP contribution in [-0.4, -0.2) is 27.3 Å². The van der Waals surface area contributed by atoms with Gasteiger partial charge < -0.3 is 9.94 Å². The van der Waals surface area contributed by atoms with Gasteiger partial charge in [-0.25, -0.2) is 4.79 Å². The van der Waals surface area contributed by atoms with Crippen molar-refractivity contribution >= 4 is 17.4 Å². The molecule has 18 heavy (non-hydrogen) atoms. The van der Waals surface area contributed by atoms with Crippen LogP contribution in [-0.2, 0) is 9.63 Å². The Kier molecular flexibility index (Phi) is 2.74. The molecule has 1 aliphatic heterocycles. The van der Waals surface area contributed by atoms with Crippen molar-refractivity contribution in [2.24, 2.45) is 5.16 Å². The Morgan fingerprint density at radius 1 is 1.56 bits per heavy atom. The molecular formula is C11H10N2O5. The first-order valence-electron chi connectivity index (χ1n) is 5.16. The van der Waals surface area contributed by atoms with Crippen LogP contribution >= 0.6 is 0 Å². The fourth-order valence-electron chi connectivity index (χ4n) is 1.68. The average Bonchev–Trinajstić information content (AvgIpc) is 2.73. The number of nitro groups is 1. The molecule has 0 fully saturated rings. The summed E-state index contributed by atoms with van der Waals surface area (Å²) in [6, 6.07) is 6.03. The van der Waals surface area contributed by atoms with E-state index in [1.54, 1.807) is 6.07 Å². The molecule has 0 unspecified atom stereocenters.